The predicted molar refractivity (Wildman–Crippen MR) is 73.2 cm³/mol. The topological polar surface area (TPSA) is 36.9 Å². The second kappa shape index (κ2) is 8.34. The maximum Gasteiger partial charge on any atom is 0.191 e. The molecule has 0 aromatic heterocycles. The van der Waals surface area contributed by atoms with E-state index in [4.69, 9.17) is 18.9 Å². The first-order valence-corrected chi connectivity index (χ1v) is 6.70. The van der Waals surface area contributed by atoms with Crippen LogP contribution < -0.4 is 9.47 Å². The van der Waals surface area contributed by atoms with Crippen LogP contribution in [0.3, 0.4) is 0 Å². The molecule has 0 radical (unpaired) electrons. The van der Waals surface area contributed by atoms with Crippen molar-refractivity contribution in [2.24, 2.45) is 0 Å². The largest absolute Gasteiger partial charge is 0.497 e. The Bertz CT molecular complexity index is 351. The molecule has 1 aromatic carbocycles. The van der Waals surface area contributed by atoms with Crippen molar-refractivity contribution in [3.05, 3.63) is 22.7 Å². The van der Waals surface area contributed by atoms with Gasteiger partial charge in [0.15, 0.2) is 6.29 Å². The van der Waals surface area contributed by atoms with E-state index in [1.165, 1.54) is 0 Å². The number of benzene rings is 1. The summed E-state index contributed by atoms with van der Waals surface area (Å²) in [5.74, 6) is 1.45. The van der Waals surface area contributed by atoms with E-state index in [1.54, 1.807) is 7.11 Å². The predicted octanol–water partition coefficient (Wildman–Crippen LogP) is 3.24. The van der Waals surface area contributed by atoms with Gasteiger partial charge in [0.2, 0.25) is 0 Å². The number of hydrogen-bond donors (Lipinski definition) is 0. The summed E-state index contributed by atoms with van der Waals surface area (Å²) in [5, 5.41) is 0. The quantitative estimate of drug-likeness (QED) is 0.689. The average molecular weight is 319 g/mol. The summed E-state index contributed by atoms with van der Waals surface area (Å²) in [4.78, 5) is 0. The molecule has 0 aliphatic heterocycles. The van der Waals surface area contributed by atoms with E-state index < -0.39 is 0 Å². The van der Waals surface area contributed by atoms with Crippen molar-refractivity contribution in [3.63, 3.8) is 0 Å². The first kappa shape index (κ1) is 15.3. The maximum absolute atomic E-state index is 5.67. The highest BCUT2D eigenvalue weighted by molar-refractivity contribution is 9.10. The van der Waals surface area contributed by atoms with Crippen molar-refractivity contribution in [2.75, 3.05) is 26.9 Å². The lowest BCUT2D eigenvalue weighted by molar-refractivity contribution is -0.152. The molecule has 0 unspecified atom stereocenters. The van der Waals surface area contributed by atoms with Crippen LogP contribution in [0.4, 0.5) is 0 Å². The lowest BCUT2D eigenvalue weighted by Crippen LogP contribution is -2.25. The van der Waals surface area contributed by atoms with Crippen molar-refractivity contribution >= 4 is 15.9 Å². The Morgan fingerprint density at radius 2 is 1.83 bits per heavy atom. The van der Waals surface area contributed by atoms with Gasteiger partial charge >= 0.3 is 0 Å². The van der Waals surface area contributed by atoms with Gasteiger partial charge in [-0.05, 0) is 41.9 Å². The summed E-state index contributed by atoms with van der Waals surface area (Å²) in [6.45, 7) is 5.37. The van der Waals surface area contributed by atoms with Crippen molar-refractivity contribution in [3.8, 4) is 11.5 Å². The van der Waals surface area contributed by atoms with Crippen molar-refractivity contribution in [1.82, 2.24) is 0 Å². The van der Waals surface area contributed by atoms with E-state index in [0.717, 1.165) is 10.2 Å². The van der Waals surface area contributed by atoms with Crippen LogP contribution >= 0.6 is 15.9 Å². The third-order valence-electron chi connectivity index (χ3n) is 2.22. The van der Waals surface area contributed by atoms with Gasteiger partial charge < -0.3 is 18.9 Å². The molecular weight excluding hydrogens is 300 g/mol. The SMILES string of the molecule is CCOC(COc1cc(OC)ccc1Br)OCC. The molecule has 5 heteroatoms. The van der Waals surface area contributed by atoms with Crippen LogP contribution in [-0.2, 0) is 9.47 Å². The third kappa shape index (κ3) is 4.84. The van der Waals surface area contributed by atoms with Crippen LogP contribution in [0.25, 0.3) is 0 Å². The fourth-order valence-corrected chi connectivity index (χ4v) is 1.76. The Balaban J connectivity index is 2.60. The molecule has 0 aliphatic rings. The van der Waals surface area contributed by atoms with Gasteiger partial charge in [0, 0.05) is 19.3 Å². The van der Waals surface area contributed by atoms with Gasteiger partial charge in [-0.2, -0.15) is 0 Å². The van der Waals surface area contributed by atoms with Crippen molar-refractivity contribution in [1.29, 1.82) is 0 Å². The standard InChI is InChI=1S/C13H19BrO4/c1-4-16-13(17-5-2)9-18-12-8-10(15-3)6-7-11(12)14/h6-8,13H,4-5,9H2,1-3H3. The molecule has 1 aromatic rings. The highest BCUT2D eigenvalue weighted by Crippen LogP contribution is 2.29. The van der Waals surface area contributed by atoms with Gasteiger partial charge in [0.1, 0.15) is 18.1 Å². The Morgan fingerprint density at radius 3 is 2.39 bits per heavy atom. The van der Waals surface area contributed by atoms with Crippen LogP contribution in [0.1, 0.15) is 13.8 Å². The molecule has 18 heavy (non-hydrogen) atoms. The molecule has 0 saturated carbocycles. The van der Waals surface area contributed by atoms with Gasteiger partial charge in [-0.25, -0.2) is 0 Å². The van der Waals surface area contributed by atoms with Gasteiger partial charge in [0.25, 0.3) is 0 Å². The summed E-state index contributed by atoms with van der Waals surface area (Å²) in [5.41, 5.74) is 0. The number of halogens is 1. The zero-order chi connectivity index (χ0) is 13.4. The third-order valence-corrected chi connectivity index (χ3v) is 2.87. The lowest BCUT2D eigenvalue weighted by atomic mass is 10.3. The Kier molecular flexibility index (Phi) is 7.08. The highest BCUT2D eigenvalue weighted by Gasteiger charge is 2.11. The van der Waals surface area contributed by atoms with E-state index in [1.807, 2.05) is 32.0 Å². The Hall–Kier alpha value is -0.780. The van der Waals surface area contributed by atoms with E-state index in [2.05, 4.69) is 15.9 Å². The highest BCUT2D eigenvalue weighted by atomic mass is 79.9. The van der Waals surface area contributed by atoms with Crippen molar-refractivity contribution < 1.29 is 18.9 Å². The minimum atomic E-state index is -0.349. The molecule has 0 amide bonds. The normalized spacial score (nSPS) is 10.7. The zero-order valence-corrected chi connectivity index (χ0v) is 12.5. The van der Waals surface area contributed by atoms with E-state index >= 15 is 0 Å². The van der Waals surface area contributed by atoms with E-state index in [9.17, 15) is 0 Å². The number of rotatable bonds is 8. The summed E-state index contributed by atoms with van der Waals surface area (Å²) < 4.78 is 22.5. The molecule has 4 nitrogen and oxygen atoms in total. The van der Waals surface area contributed by atoms with Gasteiger partial charge in [-0.3, -0.25) is 0 Å². The van der Waals surface area contributed by atoms with Gasteiger partial charge in [0.05, 0.1) is 11.6 Å². The molecular formula is C13H19BrO4. The zero-order valence-electron chi connectivity index (χ0n) is 10.9. The summed E-state index contributed by atoms with van der Waals surface area (Å²) in [7, 11) is 1.62. The summed E-state index contributed by atoms with van der Waals surface area (Å²) in [6, 6.07) is 5.56. The minimum Gasteiger partial charge on any atom is -0.497 e. The first-order chi connectivity index (χ1) is 8.71. The lowest BCUT2D eigenvalue weighted by Gasteiger charge is -2.18. The molecule has 0 heterocycles. The van der Waals surface area contributed by atoms with Crippen LogP contribution in [0.2, 0.25) is 0 Å². The summed E-state index contributed by atoms with van der Waals surface area (Å²) in [6.07, 6.45) is -0.349. The van der Waals surface area contributed by atoms with Gasteiger partial charge in [-0.1, -0.05) is 0 Å². The molecule has 0 atom stereocenters. The summed E-state index contributed by atoms with van der Waals surface area (Å²) >= 11 is 3.43. The van der Waals surface area contributed by atoms with E-state index in [-0.39, 0.29) is 6.29 Å². The first-order valence-electron chi connectivity index (χ1n) is 5.90. The van der Waals surface area contributed by atoms with Crippen LogP contribution in [0.15, 0.2) is 22.7 Å². The van der Waals surface area contributed by atoms with Gasteiger partial charge in [-0.15, -0.1) is 0 Å². The molecule has 0 aliphatic carbocycles. The fraction of sp³-hybridized carbons (Fsp3) is 0.538. The molecule has 0 N–H and O–H groups in total. The fourth-order valence-electron chi connectivity index (χ4n) is 1.40. The Morgan fingerprint density at radius 1 is 1.17 bits per heavy atom. The van der Waals surface area contributed by atoms with Crippen LogP contribution in [0, 0.1) is 0 Å². The second-order valence-corrected chi connectivity index (χ2v) is 4.30. The molecule has 1 rings (SSSR count). The number of hydrogen-bond acceptors (Lipinski definition) is 4. The monoisotopic (exact) mass is 318 g/mol. The molecule has 0 fully saturated rings. The maximum atomic E-state index is 5.67. The average Bonchev–Trinajstić information content (AvgIpc) is 2.38. The molecule has 0 spiro atoms. The van der Waals surface area contributed by atoms with Crippen LogP contribution in [-0.4, -0.2) is 33.2 Å². The number of methoxy groups -OCH3 is 1. The molecule has 102 valence electrons. The second-order valence-electron chi connectivity index (χ2n) is 3.45. The number of ether oxygens (including phenoxy) is 4. The van der Waals surface area contributed by atoms with E-state index in [0.29, 0.717) is 25.6 Å². The Labute approximate surface area is 116 Å². The van der Waals surface area contributed by atoms with Crippen molar-refractivity contribution in [2.45, 2.75) is 20.1 Å². The van der Waals surface area contributed by atoms with Crippen LogP contribution in [0.5, 0.6) is 11.5 Å². The molecule has 0 bridgehead atoms. The molecule has 0 saturated heterocycles. The minimum absolute atomic E-state index is 0.341. The smallest absolute Gasteiger partial charge is 0.191 e.